The molecule has 19 heavy (non-hydrogen) atoms. The van der Waals surface area contributed by atoms with Gasteiger partial charge in [-0.2, -0.15) is 0 Å². The molecule has 2 heteroatoms. The monoisotopic (exact) mass is 254 g/mol. The number of likely N-dealkylation sites (N-methyl/N-ethyl adjacent to an activating group) is 1. The fraction of sp³-hybridized carbons (Fsp3) is 0.294. The summed E-state index contributed by atoms with van der Waals surface area (Å²) in [4.78, 5) is 0. The van der Waals surface area contributed by atoms with Crippen molar-refractivity contribution in [3.8, 4) is 11.1 Å². The van der Waals surface area contributed by atoms with Crippen molar-refractivity contribution in [2.24, 2.45) is 0 Å². The van der Waals surface area contributed by atoms with E-state index >= 15 is 0 Å². The molecule has 2 nitrogen and oxygen atoms in total. The van der Waals surface area contributed by atoms with Crippen LogP contribution in [0.15, 0.2) is 54.6 Å². The molecular weight excluding hydrogens is 232 g/mol. The Bertz CT molecular complexity index is 501. The van der Waals surface area contributed by atoms with Crippen LogP contribution in [0.2, 0.25) is 0 Å². The summed E-state index contributed by atoms with van der Waals surface area (Å²) < 4.78 is 0. The van der Waals surface area contributed by atoms with E-state index in [9.17, 15) is 0 Å². The molecule has 2 rings (SSSR count). The largest absolute Gasteiger partial charge is 0.383 e. The molecule has 0 aliphatic rings. The second-order valence-electron chi connectivity index (χ2n) is 5.43. The zero-order chi connectivity index (χ0) is 13.7. The molecule has 0 spiro atoms. The molecule has 2 aromatic carbocycles. The summed E-state index contributed by atoms with van der Waals surface area (Å²) in [5.41, 5.74) is 3.75. The standard InChI is InChI=1S/C17H22N2/c1-17(2,18-3)13-19-16-11-9-15(10-12-16)14-7-5-4-6-8-14/h4-12,18-19H,13H2,1-3H3. The lowest BCUT2D eigenvalue weighted by atomic mass is 10.0. The maximum atomic E-state index is 3.45. The van der Waals surface area contributed by atoms with Gasteiger partial charge in [0.15, 0.2) is 0 Å². The molecule has 0 aromatic heterocycles. The molecule has 0 aliphatic heterocycles. The smallest absolute Gasteiger partial charge is 0.0341 e. The van der Waals surface area contributed by atoms with Crippen molar-refractivity contribution in [2.75, 3.05) is 18.9 Å². The molecule has 2 aromatic rings. The SMILES string of the molecule is CNC(C)(C)CNc1ccc(-c2ccccc2)cc1. The quantitative estimate of drug-likeness (QED) is 0.849. The van der Waals surface area contributed by atoms with Crippen molar-refractivity contribution in [2.45, 2.75) is 19.4 Å². The highest BCUT2D eigenvalue weighted by molar-refractivity contribution is 5.65. The fourth-order valence-electron chi connectivity index (χ4n) is 1.82. The van der Waals surface area contributed by atoms with Crippen LogP contribution in [0, 0.1) is 0 Å². The van der Waals surface area contributed by atoms with E-state index in [2.05, 4.69) is 73.0 Å². The van der Waals surface area contributed by atoms with Gasteiger partial charge in [0.2, 0.25) is 0 Å². The van der Waals surface area contributed by atoms with Crippen LogP contribution in [0.5, 0.6) is 0 Å². The van der Waals surface area contributed by atoms with Crippen LogP contribution in [0.4, 0.5) is 5.69 Å². The first-order valence-electron chi connectivity index (χ1n) is 6.69. The summed E-state index contributed by atoms with van der Waals surface area (Å²) in [6, 6.07) is 19.0. The Hall–Kier alpha value is -1.80. The Morgan fingerprint density at radius 2 is 1.42 bits per heavy atom. The Kier molecular flexibility index (Phi) is 4.23. The maximum Gasteiger partial charge on any atom is 0.0341 e. The average Bonchev–Trinajstić information content (AvgIpc) is 2.47. The molecule has 100 valence electrons. The summed E-state index contributed by atoms with van der Waals surface area (Å²) in [5.74, 6) is 0. The predicted octanol–water partition coefficient (Wildman–Crippen LogP) is 3.76. The van der Waals surface area contributed by atoms with Crippen LogP contribution in [0.25, 0.3) is 11.1 Å². The van der Waals surface area contributed by atoms with Gasteiger partial charge in [0.05, 0.1) is 0 Å². The van der Waals surface area contributed by atoms with E-state index in [1.807, 2.05) is 13.1 Å². The van der Waals surface area contributed by atoms with Gasteiger partial charge < -0.3 is 10.6 Å². The highest BCUT2D eigenvalue weighted by Gasteiger charge is 2.13. The Morgan fingerprint density at radius 3 is 2.00 bits per heavy atom. The zero-order valence-corrected chi connectivity index (χ0v) is 11.9. The first-order valence-corrected chi connectivity index (χ1v) is 6.69. The minimum absolute atomic E-state index is 0.0953. The topological polar surface area (TPSA) is 24.1 Å². The Balaban J connectivity index is 2.03. The summed E-state index contributed by atoms with van der Waals surface area (Å²) in [6.45, 7) is 5.25. The van der Waals surface area contributed by atoms with E-state index in [0.29, 0.717) is 0 Å². The number of anilines is 1. The fourth-order valence-corrected chi connectivity index (χ4v) is 1.82. The van der Waals surface area contributed by atoms with Crippen LogP contribution in [0.3, 0.4) is 0 Å². The second-order valence-corrected chi connectivity index (χ2v) is 5.43. The van der Waals surface area contributed by atoms with E-state index in [4.69, 9.17) is 0 Å². The molecule has 0 fully saturated rings. The molecule has 0 radical (unpaired) electrons. The lowest BCUT2D eigenvalue weighted by molar-refractivity contribution is 0.448. The number of rotatable bonds is 5. The summed E-state index contributed by atoms with van der Waals surface area (Å²) in [7, 11) is 1.99. The molecule has 0 saturated carbocycles. The lowest BCUT2D eigenvalue weighted by Crippen LogP contribution is -2.42. The summed E-state index contributed by atoms with van der Waals surface area (Å²) in [6.07, 6.45) is 0. The van der Waals surface area contributed by atoms with Gasteiger partial charge in [-0.25, -0.2) is 0 Å². The first kappa shape index (κ1) is 13.6. The lowest BCUT2D eigenvalue weighted by Gasteiger charge is -2.24. The number of hydrogen-bond acceptors (Lipinski definition) is 2. The van der Waals surface area contributed by atoms with Gasteiger partial charge in [0.1, 0.15) is 0 Å². The van der Waals surface area contributed by atoms with Gasteiger partial charge >= 0.3 is 0 Å². The average molecular weight is 254 g/mol. The second kappa shape index (κ2) is 5.89. The maximum absolute atomic E-state index is 3.45. The third-order valence-corrected chi connectivity index (χ3v) is 3.40. The Labute approximate surface area is 115 Å². The van der Waals surface area contributed by atoms with Crippen LogP contribution >= 0.6 is 0 Å². The minimum Gasteiger partial charge on any atom is -0.383 e. The molecule has 0 unspecified atom stereocenters. The van der Waals surface area contributed by atoms with Crippen LogP contribution < -0.4 is 10.6 Å². The van der Waals surface area contributed by atoms with Gasteiger partial charge in [0.25, 0.3) is 0 Å². The van der Waals surface area contributed by atoms with E-state index in [0.717, 1.165) is 12.2 Å². The molecule has 0 aliphatic carbocycles. The van der Waals surface area contributed by atoms with Gasteiger partial charge in [-0.05, 0) is 44.2 Å². The third-order valence-electron chi connectivity index (χ3n) is 3.40. The van der Waals surface area contributed by atoms with Crippen molar-refractivity contribution in [3.63, 3.8) is 0 Å². The van der Waals surface area contributed by atoms with E-state index in [1.54, 1.807) is 0 Å². The molecule has 0 saturated heterocycles. The van der Waals surface area contributed by atoms with E-state index < -0.39 is 0 Å². The zero-order valence-electron chi connectivity index (χ0n) is 11.9. The van der Waals surface area contributed by atoms with Crippen molar-refractivity contribution >= 4 is 5.69 Å². The van der Waals surface area contributed by atoms with Gasteiger partial charge in [-0.15, -0.1) is 0 Å². The molecular formula is C17H22N2. The molecule has 0 heterocycles. The normalized spacial score (nSPS) is 11.3. The van der Waals surface area contributed by atoms with Crippen molar-refractivity contribution in [1.29, 1.82) is 0 Å². The van der Waals surface area contributed by atoms with Crippen LogP contribution in [0.1, 0.15) is 13.8 Å². The van der Waals surface area contributed by atoms with Gasteiger partial charge in [0, 0.05) is 17.8 Å². The molecule has 0 amide bonds. The number of benzene rings is 2. The summed E-state index contributed by atoms with van der Waals surface area (Å²) >= 11 is 0. The van der Waals surface area contributed by atoms with Gasteiger partial charge in [-0.3, -0.25) is 0 Å². The highest BCUT2D eigenvalue weighted by Crippen LogP contribution is 2.21. The van der Waals surface area contributed by atoms with Crippen molar-refractivity contribution in [1.82, 2.24) is 5.32 Å². The van der Waals surface area contributed by atoms with E-state index in [-0.39, 0.29) is 5.54 Å². The minimum atomic E-state index is 0.0953. The first-order chi connectivity index (χ1) is 9.11. The molecule has 0 bridgehead atoms. The van der Waals surface area contributed by atoms with Crippen LogP contribution in [-0.4, -0.2) is 19.1 Å². The van der Waals surface area contributed by atoms with Crippen molar-refractivity contribution in [3.05, 3.63) is 54.6 Å². The van der Waals surface area contributed by atoms with Gasteiger partial charge in [-0.1, -0.05) is 42.5 Å². The number of hydrogen-bond donors (Lipinski definition) is 2. The van der Waals surface area contributed by atoms with Crippen molar-refractivity contribution < 1.29 is 0 Å². The predicted molar refractivity (Wildman–Crippen MR) is 83.5 cm³/mol. The number of nitrogens with one attached hydrogen (secondary N) is 2. The molecule has 2 N–H and O–H groups in total. The van der Waals surface area contributed by atoms with Crippen LogP contribution in [-0.2, 0) is 0 Å². The molecule has 0 atom stereocenters. The Morgan fingerprint density at radius 1 is 0.842 bits per heavy atom. The summed E-state index contributed by atoms with van der Waals surface area (Å²) in [5, 5.41) is 6.74. The van der Waals surface area contributed by atoms with E-state index in [1.165, 1.54) is 11.1 Å². The highest BCUT2D eigenvalue weighted by atomic mass is 15.0. The third kappa shape index (κ3) is 3.83.